The van der Waals surface area contributed by atoms with Gasteiger partial charge in [0.25, 0.3) is 0 Å². The van der Waals surface area contributed by atoms with Gasteiger partial charge in [-0.25, -0.2) is 9.18 Å². The molecule has 184 valence electrons. The van der Waals surface area contributed by atoms with E-state index in [1.54, 1.807) is 31.7 Å². The van der Waals surface area contributed by atoms with E-state index in [4.69, 9.17) is 9.47 Å². The van der Waals surface area contributed by atoms with Crippen LogP contribution >= 0.6 is 0 Å². The topological polar surface area (TPSA) is 82.9 Å². The van der Waals surface area contributed by atoms with Gasteiger partial charge in [-0.15, -0.1) is 0 Å². The zero-order valence-electron chi connectivity index (χ0n) is 20.3. The maximum Gasteiger partial charge on any atom is 0.411 e. The first-order valence-corrected chi connectivity index (χ1v) is 12.2. The second-order valence-corrected chi connectivity index (χ2v) is 10.6. The molecule has 8 heteroatoms. The Kier molecular flexibility index (Phi) is 7.13. The molecular formula is C26H34FN3O4. The highest BCUT2D eigenvalue weighted by molar-refractivity contribution is 5.89. The number of hydrogen-bond donors (Lipinski definition) is 0. The second kappa shape index (κ2) is 9.91. The van der Waals surface area contributed by atoms with Crippen LogP contribution in [-0.4, -0.2) is 60.8 Å². The standard InChI is InChI=1S/C26H34FN3O4/c1-26(2,3)34-25(32)30-21-7-5-19(14-21)24(30)23(31)13-17(16-28)12-18-4-6-20(15-22(18)27)29-8-10-33-11-9-29/h4,6,15,17,19,21,24H,5,7-14H2,1-3H3/t17-,19+,21-,24+/m1/s1. The maximum absolute atomic E-state index is 14.9. The van der Waals surface area contributed by atoms with Crippen molar-refractivity contribution in [1.82, 2.24) is 4.90 Å². The van der Waals surface area contributed by atoms with E-state index < -0.39 is 23.7 Å². The first-order valence-electron chi connectivity index (χ1n) is 12.2. The molecule has 1 saturated carbocycles. The van der Waals surface area contributed by atoms with Crippen molar-refractivity contribution in [3.8, 4) is 6.07 Å². The molecule has 2 heterocycles. The van der Waals surface area contributed by atoms with E-state index in [0.29, 0.717) is 31.9 Å². The molecule has 3 aliphatic rings. The predicted molar refractivity (Wildman–Crippen MR) is 125 cm³/mol. The van der Waals surface area contributed by atoms with E-state index in [-0.39, 0.29) is 36.4 Å². The summed E-state index contributed by atoms with van der Waals surface area (Å²) in [6.07, 6.45) is 2.26. The number of hydrogen-bond acceptors (Lipinski definition) is 6. The van der Waals surface area contributed by atoms with Crippen LogP contribution in [0.2, 0.25) is 0 Å². The molecule has 4 rings (SSSR count). The number of anilines is 1. The minimum atomic E-state index is -0.657. The summed E-state index contributed by atoms with van der Waals surface area (Å²) in [6.45, 7) is 8.08. The van der Waals surface area contributed by atoms with Crippen molar-refractivity contribution in [2.45, 2.75) is 70.6 Å². The average Bonchev–Trinajstić information content (AvgIpc) is 3.41. The Bertz CT molecular complexity index is 964. The van der Waals surface area contributed by atoms with Crippen molar-refractivity contribution >= 4 is 17.6 Å². The number of carbonyl (C=O) groups is 2. The lowest BCUT2D eigenvalue weighted by Crippen LogP contribution is -2.51. The normalized spacial score (nSPS) is 25.2. The van der Waals surface area contributed by atoms with Crippen LogP contribution < -0.4 is 4.90 Å². The summed E-state index contributed by atoms with van der Waals surface area (Å²) in [5, 5.41) is 9.74. The van der Waals surface area contributed by atoms with E-state index in [0.717, 1.165) is 24.9 Å². The van der Waals surface area contributed by atoms with Crippen molar-refractivity contribution in [3.05, 3.63) is 29.6 Å². The number of halogens is 1. The molecule has 1 aliphatic carbocycles. The predicted octanol–water partition coefficient (Wildman–Crippen LogP) is 4.09. The van der Waals surface area contributed by atoms with Crippen LogP contribution in [0.15, 0.2) is 18.2 Å². The largest absolute Gasteiger partial charge is 0.444 e. The molecule has 0 radical (unpaired) electrons. The number of ether oxygens (including phenoxy) is 2. The highest BCUT2D eigenvalue weighted by atomic mass is 19.1. The fourth-order valence-corrected chi connectivity index (χ4v) is 5.49. The molecule has 7 nitrogen and oxygen atoms in total. The minimum absolute atomic E-state index is 0.00562. The van der Waals surface area contributed by atoms with Gasteiger partial charge in [0.05, 0.1) is 31.2 Å². The zero-order valence-corrected chi connectivity index (χ0v) is 20.3. The molecule has 2 saturated heterocycles. The maximum atomic E-state index is 14.9. The Morgan fingerprint density at radius 1 is 1.26 bits per heavy atom. The van der Waals surface area contributed by atoms with E-state index >= 15 is 0 Å². The summed E-state index contributed by atoms with van der Waals surface area (Å²) in [5.41, 5.74) is 0.574. The number of piperidine rings is 1. The van der Waals surface area contributed by atoms with Crippen LogP contribution in [0.3, 0.4) is 0 Å². The van der Waals surface area contributed by atoms with Crippen molar-refractivity contribution in [2.75, 3.05) is 31.2 Å². The van der Waals surface area contributed by atoms with Crippen molar-refractivity contribution in [1.29, 1.82) is 5.26 Å². The average molecular weight is 472 g/mol. The van der Waals surface area contributed by atoms with Crippen LogP contribution in [0.5, 0.6) is 0 Å². The number of likely N-dealkylation sites (tertiary alicyclic amines) is 1. The summed E-state index contributed by atoms with van der Waals surface area (Å²) in [5.74, 6) is -1.05. The number of amides is 1. The molecule has 0 aromatic heterocycles. The molecule has 0 N–H and O–H groups in total. The van der Waals surface area contributed by atoms with Crippen molar-refractivity contribution in [2.24, 2.45) is 11.8 Å². The van der Waals surface area contributed by atoms with Crippen LogP contribution in [0.1, 0.15) is 52.0 Å². The molecule has 3 fully saturated rings. The van der Waals surface area contributed by atoms with Gasteiger partial charge >= 0.3 is 6.09 Å². The van der Waals surface area contributed by atoms with Gasteiger partial charge in [-0.1, -0.05) is 6.07 Å². The molecule has 0 spiro atoms. The van der Waals surface area contributed by atoms with E-state index in [2.05, 4.69) is 11.0 Å². The highest BCUT2D eigenvalue weighted by Gasteiger charge is 2.52. The number of Topliss-reactive ketones (excluding diaryl/α,β-unsaturated/α-hetero) is 1. The number of fused-ring (bicyclic) bond motifs is 2. The van der Waals surface area contributed by atoms with Crippen LogP contribution in [0.25, 0.3) is 0 Å². The lowest BCUT2D eigenvalue weighted by Gasteiger charge is -2.35. The fraction of sp³-hybridized carbons (Fsp3) is 0.654. The van der Waals surface area contributed by atoms with Gasteiger partial charge in [0.1, 0.15) is 11.4 Å². The number of nitrogens with zero attached hydrogens (tertiary/aromatic N) is 3. The number of benzene rings is 1. The Hall–Kier alpha value is -2.66. The van der Waals surface area contributed by atoms with Gasteiger partial charge in [-0.3, -0.25) is 9.69 Å². The molecular weight excluding hydrogens is 437 g/mol. The van der Waals surface area contributed by atoms with Crippen LogP contribution in [-0.2, 0) is 20.7 Å². The summed E-state index contributed by atoms with van der Waals surface area (Å²) >= 11 is 0. The van der Waals surface area contributed by atoms with Crippen molar-refractivity contribution in [3.63, 3.8) is 0 Å². The molecule has 1 amide bonds. The Morgan fingerprint density at radius 3 is 2.65 bits per heavy atom. The van der Waals surface area contributed by atoms with Gasteiger partial charge in [0.2, 0.25) is 0 Å². The number of carbonyl (C=O) groups excluding carboxylic acids is 2. The first kappa shape index (κ1) is 24.5. The smallest absolute Gasteiger partial charge is 0.411 e. The third kappa shape index (κ3) is 5.35. The number of nitriles is 1. The van der Waals surface area contributed by atoms with E-state index in [1.807, 2.05) is 6.07 Å². The first-order chi connectivity index (χ1) is 16.2. The summed E-state index contributed by atoms with van der Waals surface area (Å²) in [7, 11) is 0. The third-order valence-electron chi connectivity index (χ3n) is 7.03. The van der Waals surface area contributed by atoms with Gasteiger partial charge in [-0.2, -0.15) is 5.26 Å². The van der Waals surface area contributed by atoms with Crippen molar-refractivity contribution < 1.29 is 23.5 Å². The monoisotopic (exact) mass is 471 g/mol. The van der Waals surface area contributed by atoms with Gasteiger partial charge in [0, 0.05) is 31.2 Å². The number of rotatable bonds is 6. The second-order valence-electron chi connectivity index (χ2n) is 10.6. The summed E-state index contributed by atoms with van der Waals surface area (Å²) < 4.78 is 25.8. The quantitative estimate of drug-likeness (QED) is 0.622. The van der Waals surface area contributed by atoms with Gasteiger partial charge < -0.3 is 14.4 Å². The highest BCUT2D eigenvalue weighted by Crippen LogP contribution is 2.44. The molecule has 1 aromatic carbocycles. The SMILES string of the molecule is CC(C)(C)OC(=O)N1[C@@H]2CC[C@@H](C2)[C@H]1C(=O)C[C@H](C#N)Cc1ccc(N2CCOCC2)cc1F. The summed E-state index contributed by atoms with van der Waals surface area (Å²) in [4.78, 5) is 29.8. The molecule has 0 unspecified atom stereocenters. The fourth-order valence-electron chi connectivity index (χ4n) is 5.49. The van der Waals surface area contributed by atoms with E-state index in [1.165, 1.54) is 6.07 Å². The van der Waals surface area contributed by atoms with Crippen LogP contribution in [0.4, 0.5) is 14.9 Å². The minimum Gasteiger partial charge on any atom is -0.444 e. The third-order valence-corrected chi connectivity index (χ3v) is 7.03. The molecule has 2 aliphatic heterocycles. The molecule has 2 bridgehead atoms. The van der Waals surface area contributed by atoms with Crippen LogP contribution in [0, 0.1) is 29.0 Å². The van der Waals surface area contributed by atoms with E-state index in [9.17, 15) is 19.2 Å². The Labute approximate surface area is 200 Å². The zero-order chi connectivity index (χ0) is 24.5. The lowest BCUT2D eigenvalue weighted by molar-refractivity contribution is -0.126. The van der Waals surface area contributed by atoms with Gasteiger partial charge in [-0.05, 0) is 70.1 Å². The molecule has 4 atom stereocenters. The number of ketones is 1. The molecule has 1 aromatic rings. The molecule has 34 heavy (non-hydrogen) atoms. The summed E-state index contributed by atoms with van der Waals surface area (Å²) in [6, 6.07) is 6.71. The lowest BCUT2D eigenvalue weighted by atomic mass is 9.88. The Balaban J connectivity index is 1.42. The Morgan fingerprint density at radius 2 is 2.00 bits per heavy atom. The van der Waals surface area contributed by atoms with Gasteiger partial charge in [0.15, 0.2) is 5.78 Å². The number of morpholine rings is 1.